The summed E-state index contributed by atoms with van der Waals surface area (Å²) in [6.07, 6.45) is 5.26. The third kappa shape index (κ3) is 3.80. The lowest BCUT2D eigenvalue weighted by atomic mass is 11.0. The van der Waals surface area contributed by atoms with Gasteiger partial charge in [0, 0.05) is 25.1 Å². The van der Waals surface area contributed by atoms with Gasteiger partial charge in [-0.05, 0) is 20.8 Å². The minimum atomic E-state index is 0.242. The van der Waals surface area contributed by atoms with Crippen molar-refractivity contribution in [1.29, 1.82) is 0 Å². The van der Waals surface area contributed by atoms with Crippen molar-refractivity contribution in [1.82, 2.24) is 9.80 Å². The topological polar surface area (TPSA) is 6.48 Å². The van der Waals surface area contributed by atoms with Crippen LogP contribution in [-0.4, -0.2) is 55.7 Å². The maximum atomic E-state index is 2.48. The van der Waals surface area contributed by atoms with Crippen LogP contribution in [0.25, 0.3) is 0 Å². The van der Waals surface area contributed by atoms with E-state index in [-0.39, 0.29) is 7.92 Å². The van der Waals surface area contributed by atoms with E-state index in [1.165, 1.54) is 25.1 Å². The third-order valence-electron chi connectivity index (χ3n) is 1.73. The molecule has 0 radical (unpaired) electrons. The molecule has 0 spiro atoms. The number of rotatable bonds is 0. The summed E-state index contributed by atoms with van der Waals surface area (Å²) in [7, 11) is 5.84. The molecule has 0 N–H and O–H groups in total. The van der Waals surface area contributed by atoms with Gasteiger partial charge in [0.25, 0.3) is 0 Å². The standard InChI is InChI=1S/C7H18N2P2/c1-8-4-10-5-9(2)7-11(3)6-8/h10H,4-7H2,1-3H3. The van der Waals surface area contributed by atoms with Crippen LogP contribution in [0.5, 0.6) is 0 Å². The highest BCUT2D eigenvalue weighted by atomic mass is 31.1. The van der Waals surface area contributed by atoms with Gasteiger partial charge in [-0.3, -0.25) is 9.80 Å². The third-order valence-corrected chi connectivity index (χ3v) is 5.19. The molecular weight excluding hydrogens is 174 g/mol. The van der Waals surface area contributed by atoms with Gasteiger partial charge in [-0.2, -0.15) is 0 Å². The highest BCUT2D eigenvalue weighted by Gasteiger charge is 2.11. The summed E-state index contributed by atoms with van der Waals surface area (Å²) < 4.78 is 0. The van der Waals surface area contributed by atoms with Crippen LogP contribution in [0.4, 0.5) is 0 Å². The van der Waals surface area contributed by atoms with E-state index >= 15 is 0 Å². The van der Waals surface area contributed by atoms with Crippen molar-refractivity contribution < 1.29 is 0 Å². The van der Waals surface area contributed by atoms with E-state index in [0.29, 0.717) is 0 Å². The van der Waals surface area contributed by atoms with Gasteiger partial charge in [0.2, 0.25) is 0 Å². The van der Waals surface area contributed by atoms with Crippen LogP contribution in [0.3, 0.4) is 0 Å². The first-order valence-corrected chi connectivity index (χ1v) is 7.52. The van der Waals surface area contributed by atoms with Crippen molar-refractivity contribution in [2.45, 2.75) is 0 Å². The molecule has 1 aliphatic rings. The number of hydrogen-bond acceptors (Lipinski definition) is 2. The van der Waals surface area contributed by atoms with Crippen molar-refractivity contribution in [3.8, 4) is 0 Å². The smallest absolute Gasteiger partial charge is 0.0193 e. The van der Waals surface area contributed by atoms with Gasteiger partial charge in [0.15, 0.2) is 0 Å². The Morgan fingerprint density at radius 3 is 2.00 bits per heavy atom. The van der Waals surface area contributed by atoms with Crippen molar-refractivity contribution in [2.24, 2.45) is 0 Å². The van der Waals surface area contributed by atoms with Gasteiger partial charge in [-0.25, -0.2) is 0 Å². The van der Waals surface area contributed by atoms with Crippen molar-refractivity contribution >= 4 is 16.5 Å². The molecule has 4 heteroatoms. The largest absolute Gasteiger partial charge is 0.298 e. The van der Waals surface area contributed by atoms with E-state index < -0.39 is 0 Å². The van der Waals surface area contributed by atoms with Crippen molar-refractivity contribution in [3.05, 3.63) is 0 Å². The minimum absolute atomic E-state index is 0.242. The molecule has 0 unspecified atom stereocenters. The van der Waals surface area contributed by atoms with Crippen LogP contribution in [0.2, 0.25) is 0 Å². The van der Waals surface area contributed by atoms with E-state index in [4.69, 9.17) is 0 Å². The molecule has 66 valence electrons. The lowest BCUT2D eigenvalue weighted by molar-refractivity contribution is 0.420. The first-order chi connectivity index (χ1) is 5.18. The molecule has 1 heterocycles. The lowest BCUT2D eigenvalue weighted by Gasteiger charge is -2.29. The zero-order chi connectivity index (χ0) is 8.27. The molecule has 1 fully saturated rings. The SMILES string of the molecule is CN1CPCN(C)CP(C)C1. The fourth-order valence-electron chi connectivity index (χ4n) is 1.40. The molecule has 0 aromatic heterocycles. The lowest BCUT2D eigenvalue weighted by Crippen LogP contribution is -2.27. The van der Waals surface area contributed by atoms with E-state index in [2.05, 4.69) is 30.6 Å². The molecule has 1 rings (SSSR count). The summed E-state index contributed by atoms with van der Waals surface area (Å²) in [6, 6.07) is 0. The van der Waals surface area contributed by atoms with Crippen LogP contribution in [0, 0.1) is 0 Å². The van der Waals surface area contributed by atoms with Gasteiger partial charge in [0.1, 0.15) is 0 Å². The Morgan fingerprint density at radius 2 is 1.55 bits per heavy atom. The van der Waals surface area contributed by atoms with Crippen molar-refractivity contribution in [3.63, 3.8) is 0 Å². The molecule has 0 amide bonds. The quantitative estimate of drug-likeness (QED) is 0.536. The summed E-state index contributed by atoms with van der Waals surface area (Å²) in [6.45, 7) is 2.40. The van der Waals surface area contributed by atoms with Gasteiger partial charge >= 0.3 is 0 Å². The Bertz CT molecular complexity index is 109. The molecule has 0 aliphatic carbocycles. The van der Waals surface area contributed by atoms with E-state index in [1.54, 1.807) is 0 Å². The van der Waals surface area contributed by atoms with Crippen LogP contribution >= 0.6 is 16.5 Å². The second-order valence-electron chi connectivity index (χ2n) is 3.42. The predicted octanol–water partition coefficient (Wildman–Crippen LogP) is 1.48. The van der Waals surface area contributed by atoms with Gasteiger partial charge in [0.05, 0.1) is 0 Å². The summed E-state index contributed by atoms with van der Waals surface area (Å²) in [5, 5.41) is 0. The maximum absolute atomic E-state index is 2.48. The second-order valence-corrected chi connectivity index (χ2v) is 6.83. The maximum Gasteiger partial charge on any atom is 0.0193 e. The molecule has 0 aromatic carbocycles. The first-order valence-electron chi connectivity index (χ1n) is 3.95. The predicted molar refractivity (Wildman–Crippen MR) is 56.2 cm³/mol. The van der Waals surface area contributed by atoms with Crippen LogP contribution in [-0.2, 0) is 0 Å². The molecule has 1 aliphatic heterocycles. The van der Waals surface area contributed by atoms with Crippen LogP contribution in [0.15, 0.2) is 0 Å². The zero-order valence-electron chi connectivity index (χ0n) is 7.67. The first kappa shape index (κ1) is 9.86. The monoisotopic (exact) mass is 192 g/mol. The molecule has 2 nitrogen and oxygen atoms in total. The van der Waals surface area contributed by atoms with Gasteiger partial charge in [-0.15, -0.1) is 0 Å². The summed E-state index contributed by atoms with van der Waals surface area (Å²) in [4.78, 5) is 4.97. The Kier molecular flexibility index (Phi) is 4.23. The molecule has 1 saturated heterocycles. The van der Waals surface area contributed by atoms with E-state index in [1.807, 2.05) is 0 Å². The molecule has 0 aromatic rings. The average Bonchev–Trinajstić information content (AvgIpc) is 1.83. The molecule has 11 heavy (non-hydrogen) atoms. The molecule has 0 atom stereocenters. The minimum Gasteiger partial charge on any atom is -0.298 e. The fraction of sp³-hybridized carbons (Fsp3) is 1.00. The summed E-state index contributed by atoms with van der Waals surface area (Å²) in [5.74, 6) is 0. The Morgan fingerprint density at radius 1 is 1.09 bits per heavy atom. The average molecular weight is 192 g/mol. The Hall–Kier alpha value is 0.780. The van der Waals surface area contributed by atoms with Crippen molar-refractivity contribution in [2.75, 3.05) is 45.9 Å². The van der Waals surface area contributed by atoms with Crippen LogP contribution in [0.1, 0.15) is 0 Å². The second kappa shape index (κ2) is 4.72. The number of hydrogen-bond donors (Lipinski definition) is 0. The fourth-order valence-corrected chi connectivity index (χ4v) is 4.80. The normalized spacial score (nSPS) is 33.5. The van der Waals surface area contributed by atoms with Gasteiger partial charge in [-0.1, -0.05) is 16.5 Å². The summed E-state index contributed by atoms with van der Waals surface area (Å²) in [5.41, 5.74) is 0. The highest BCUT2D eigenvalue weighted by molar-refractivity contribution is 7.56. The van der Waals surface area contributed by atoms with Crippen LogP contribution < -0.4 is 0 Å². The number of nitrogens with zero attached hydrogens (tertiary/aromatic N) is 2. The summed E-state index contributed by atoms with van der Waals surface area (Å²) >= 11 is 0. The van der Waals surface area contributed by atoms with E-state index in [9.17, 15) is 0 Å². The van der Waals surface area contributed by atoms with Gasteiger partial charge < -0.3 is 0 Å². The molecule has 0 bridgehead atoms. The Labute approximate surface area is 72.9 Å². The zero-order valence-corrected chi connectivity index (χ0v) is 9.56. The Balaban J connectivity index is 2.34. The van der Waals surface area contributed by atoms with E-state index in [0.717, 1.165) is 8.58 Å². The molecular formula is C7H18N2P2. The highest BCUT2D eigenvalue weighted by Crippen LogP contribution is 2.35. The molecule has 0 saturated carbocycles.